The average molecular weight is 469 g/mol. The smallest absolute Gasteiger partial charge is 0.336 e. The summed E-state index contributed by atoms with van der Waals surface area (Å²) in [5.41, 5.74) is 2.87. The number of urea groups is 1. The Hall–Kier alpha value is -4.13. The molecule has 35 heavy (non-hydrogen) atoms. The third kappa shape index (κ3) is 4.37. The van der Waals surface area contributed by atoms with Crippen molar-refractivity contribution >= 4 is 34.4 Å². The Morgan fingerprint density at radius 2 is 1.66 bits per heavy atom. The van der Waals surface area contributed by atoms with Gasteiger partial charge in [-0.05, 0) is 61.7 Å². The molecular formula is C28H28N4O3. The number of fused-ring (bicyclic) bond motifs is 1. The van der Waals surface area contributed by atoms with E-state index in [2.05, 4.69) is 5.32 Å². The molecule has 0 aliphatic heterocycles. The number of amides is 2. The highest BCUT2D eigenvalue weighted by Crippen LogP contribution is 2.35. The maximum atomic E-state index is 14.0. The molecule has 0 saturated heterocycles. The summed E-state index contributed by atoms with van der Waals surface area (Å²) in [6.45, 7) is 1.72. The molecule has 1 aliphatic carbocycles. The lowest BCUT2D eigenvalue weighted by molar-refractivity contribution is 0.0696. The van der Waals surface area contributed by atoms with Crippen molar-refractivity contribution in [1.82, 2.24) is 9.78 Å². The number of anilines is 2. The van der Waals surface area contributed by atoms with E-state index in [1.807, 2.05) is 64.2 Å². The largest absolute Gasteiger partial charge is 0.478 e. The molecule has 7 nitrogen and oxygen atoms in total. The van der Waals surface area contributed by atoms with Crippen molar-refractivity contribution in [3.8, 4) is 5.69 Å². The van der Waals surface area contributed by atoms with Gasteiger partial charge in [-0.15, -0.1) is 0 Å². The highest BCUT2D eigenvalue weighted by molar-refractivity contribution is 6.08. The molecule has 1 heterocycles. The standard InChI is InChI=1S/C28H28N4O3/c1-19-22(27(33)34)16-10-18-24(19)29-28(35)31(20-11-4-2-5-12-20)26-23-15-8-9-17-25(23)30-32(26)21-13-6-3-7-14-21/h3,6-10,13-18,20H,2,4-5,11-12H2,1H3,(H,29,35)(H,33,34). The van der Waals surface area contributed by atoms with Crippen molar-refractivity contribution in [2.24, 2.45) is 0 Å². The second-order valence-corrected chi connectivity index (χ2v) is 8.96. The molecule has 5 rings (SSSR count). The molecule has 178 valence electrons. The number of aromatic nitrogens is 2. The molecule has 7 heteroatoms. The SMILES string of the molecule is Cc1c(NC(=O)N(c2c3ccccc3nn2-c2ccccc2)C2CCCCC2)cccc1C(=O)O. The number of benzene rings is 3. The summed E-state index contributed by atoms with van der Waals surface area (Å²) < 4.78 is 1.85. The van der Waals surface area contributed by atoms with E-state index in [1.54, 1.807) is 25.1 Å². The minimum atomic E-state index is -1.02. The van der Waals surface area contributed by atoms with E-state index in [0.29, 0.717) is 11.3 Å². The number of rotatable bonds is 5. The van der Waals surface area contributed by atoms with Crippen molar-refractivity contribution in [3.63, 3.8) is 0 Å². The van der Waals surface area contributed by atoms with Crippen LogP contribution in [0.3, 0.4) is 0 Å². The number of carboxylic acids is 1. The fourth-order valence-corrected chi connectivity index (χ4v) is 4.95. The number of hydrogen-bond donors (Lipinski definition) is 2. The van der Waals surface area contributed by atoms with E-state index in [-0.39, 0.29) is 17.6 Å². The molecular weight excluding hydrogens is 440 g/mol. The van der Waals surface area contributed by atoms with E-state index >= 15 is 0 Å². The summed E-state index contributed by atoms with van der Waals surface area (Å²) in [5.74, 6) is -0.292. The van der Waals surface area contributed by atoms with E-state index in [1.165, 1.54) is 0 Å². The summed E-state index contributed by atoms with van der Waals surface area (Å²) in [4.78, 5) is 27.5. The first kappa shape index (κ1) is 22.7. The molecule has 4 aromatic rings. The first-order valence-corrected chi connectivity index (χ1v) is 12.0. The Morgan fingerprint density at radius 3 is 2.40 bits per heavy atom. The average Bonchev–Trinajstić information content (AvgIpc) is 3.26. The molecule has 3 aromatic carbocycles. The molecule has 1 fully saturated rings. The molecule has 0 atom stereocenters. The molecule has 0 unspecified atom stereocenters. The van der Waals surface area contributed by atoms with Crippen molar-refractivity contribution in [2.45, 2.75) is 45.1 Å². The van der Waals surface area contributed by atoms with Crippen LogP contribution < -0.4 is 10.2 Å². The van der Waals surface area contributed by atoms with Crippen LogP contribution in [0, 0.1) is 6.92 Å². The molecule has 1 saturated carbocycles. The summed E-state index contributed by atoms with van der Waals surface area (Å²) >= 11 is 0. The minimum Gasteiger partial charge on any atom is -0.478 e. The van der Waals surface area contributed by atoms with Gasteiger partial charge in [-0.2, -0.15) is 5.10 Å². The van der Waals surface area contributed by atoms with E-state index in [9.17, 15) is 14.7 Å². The van der Waals surface area contributed by atoms with Crippen molar-refractivity contribution < 1.29 is 14.7 Å². The number of nitrogens with zero attached hydrogens (tertiary/aromatic N) is 3. The zero-order valence-corrected chi connectivity index (χ0v) is 19.6. The van der Waals surface area contributed by atoms with Gasteiger partial charge in [0.1, 0.15) is 5.82 Å². The Balaban J connectivity index is 1.64. The van der Waals surface area contributed by atoms with E-state index in [0.717, 1.165) is 54.5 Å². The van der Waals surface area contributed by atoms with Crippen LogP contribution in [0.2, 0.25) is 0 Å². The van der Waals surface area contributed by atoms with Gasteiger partial charge in [0.05, 0.1) is 16.8 Å². The van der Waals surface area contributed by atoms with Crippen LogP contribution in [0.1, 0.15) is 48.0 Å². The fraction of sp³-hybridized carbons (Fsp3) is 0.250. The predicted molar refractivity (Wildman–Crippen MR) is 138 cm³/mol. The highest BCUT2D eigenvalue weighted by atomic mass is 16.4. The molecule has 2 amide bonds. The number of carboxylic acid groups (broad SMARTS) is 1. The summed E-state index contributed by atoms with van der Waals surface area (Å²) in [6, 6.07) is 22.3. The van der Waals surface area contributed by atoms with Gasteiger partial charge in [-0.1, -0.05) is 55.7 Å². The lowest BCUT2D eigenvalue weighted by atomic mass is 9.94. The van der Waals surface area contributed by atoms with Gasteiger partial charge >= 0.3 is 12.0 Å². The van der Waals surface area contributed by atoms with E-state index < -0.39 is 5.97 Å². The maximum Gasteiger partial charge on any atom is 0.336 e. The zero-order chi connectivity index (χ0) is 24.4. The van der Waals surface area contributed by atoms with Crippen LogP contribution in [-0.4, -0.2) is 32.9 Å². The molecule has 0 radical (unpaired) electrons. The number of aromatic carboxylic acids is 1. The summed E-state index contributed by atoms with van der Waals surface area (Å²) in [5, 5.41) is 18.3. The van der Waals surface area contributed by atoms with Gasteiger partial charge < -0.3 is 10.4 Å². The quantitative estimate of drug-likeness (QED) is 0.355. The van der Waals surface area contributed by atoms with Gasteiger partial charge in [-0.25, -0.2) is 14.3 Å². The number of carbonyl (C=O) groups excluding carboxylic acids is 1. The van der Waals surface area contributed by atoms with Crippen LogP contribution in [0.5, 0.6) is 0 Å². The summed E-state index contributed by atoms with van der Waals surface area (Å²) in [7, 11) is 0. The second-order valence-electron chi connectivity index (χ2n) is 8.96. The number of nitrogens with one attached hydrogen (secondary N) is 1. The van der Waals surface area contributed by atoms with Gasteiger partial charge in [0.2, 0.25) is 0 Å². The van der Waals surface area contributed by atoms with Crippen LogP contribution in [0.4, 0.5) is 16.3 Å². The predicted octanol–water partition coefficient (Wildman–Crippen LogP) is 6.40. The van der Waals surface area contributed by atoms with Gasteiger partial charge in [-0.3, -0.25) is 4.90 Å². The normalized spacial score (nSPS) is 14.1. The molecule has 2 N–H and O–H groups in total. The lowest BCUT2D eigenvalue weighted by Gasteiger charge is -2.34. The minimum absolute atomic E-state index is 0.00859. The highest BCUT2D eigenvalue weighted by Gasteiger charge is 2.32. The number of para-hydroxylation sites is 1. The van der Waals surface area contributed by atoms with Gasteiger partial charge in [0.15, 0.2) is 0 Å². The van der Waals surface area contributed by atoms with Crippen molar-refractivity contribution in [1.29, 1.82) is 0 Å². The van der Waals surface area contributed by atoms with Crippen LogP contribution in [-0.2, 0) is 0 Å². The van der Waals surface area contributed by atoms with E-state index in [4.69, 9.17) is 5.10 Å². The van der Waals surface area contributed by atoms with Crippen LogP contribution >= 0.6 is 0 Å². The van der Waals surface area contributed by atoms with Crippen molar-refractivity contribution in [3.05, 3.63) is 83.9 Å². The number of hydrogen-bond acceptors (Lipinski definition) is 3. The first-order chi connectivity index (χ1) is 17.0. The fourth-order valence-electron chi connectivity index (χ4n) is 4.95. The monoisotopic (exact) mass is 468 g/mol. The molecule has 1 aliphatic rings. The Labute approximate surface area is 204 Å². The Kier molecular flexibility index (Phi) is 6.23. The van der Waals surface area contributed by atoms with Crippen LogP contribution in [0.15, 0.2) is 72.8 Å². The Morgan fingerprint density at radius 1 is 0.943 bits per heavy atom. The first-order valence-electron chi connectivity index (χ1n) is 12.0. The van der Waals surface area contributed by atoms with Crippen molar-refractivity contribution in [2.75, 3.05) is 10.2 Å². The topological polar surface area (TPSA) is 87.5 Å². The second kappa shape index (κ2) is 9.62. The Bertz CT molecular complexity index is 1370. The van der Waals surface area contributed by atoms with Crippen LogP contribution in [0.25, 0.3) is 16.6 Å². The van der Waals surface area contributed by atoms with Gasteiger partial charge in [0.25, 0.3) is 0 Å². The molecule has 0 spiro atoms. The lowest BCUT2D eigenvalue weighted by Crippen LogP contribution is -2.45. The third-order valence-electron chi connectivity index (χ3n) is 6.75. The molecule has 1 aromatic heterocycles. The number of carbonyl (C=O) groups is 2. The zero-order valence-electron chi connectivity index (χ0n) is 19.6. The molecule has 0 bridgehead atoms. The summed E-state index contributed by atoms with van der Waals surface area (Å²) in [6.07, 6.45) is 5.06. The maximum absolute atomic E-state index is 14.0. The third-order valence-corrected chi connectivity index (χ3v) is 6.75. The van der Waals surface area contributed by atoms with Gasteiger partial charge in [0, 0.05) is 17.1 Å².